The number of rotatable bonds is 9. The zero-order valence-electron chi connectivity index (χ0n) is 18.1. The minimum atomic E-state index is -0.196. The molecule has 0 atom stereocenters. The Morgan fingerprint density at radius 1 is 0.900 bits per heavy atom. The van der Waals surface area contributed by atoms with Crippen LogP contribution in [0.3, 0.4) is 0 Å². The Kier molecular flexibility index (Phi) is 8.55. The van der Waals surface area contributed by atoms with E-state index in [9.17, 15) is 14.4 Å². The van der Waals surface area contributed by atoms with E-state index in [-0.39, 0.29) is 30.8 Å². The van der Waals surface area contributed by atoms with Crippen molar-refractivity contribution in [3.8, 4) is 0 Å². The molecule has 0 heterocycles. The molecule has 2 N–H and O–H groups in total. The van der Waals surface area contributed by atoms with Crippen LogP contribution in [0, 0.1) is 6.92 Å². The summed E-state index contributed by atoms with van der Waals surface area (Å²) < 4.78 is 0. The van der Waals surface area contributed by atoms with Gasteiger partial charge in [0.05, 0.1) is 13.1 Å². The third-order valence-corrected chi connectivity index (χ3v) is 4.76. The number of carbonyl (C=O) groups is 3. The zero-order chi connectivity index (χ0) is 22.1. The summed E-state index contributed by atoms with van der Waals surface area (Å²) in [6.45, 7) is 6.80. The smallest absolute Gasteiger partial charge is 0.238 e. The van der Waals surface area contributed by atoms with Gasteiger partial charge in [-0.2, -0.15) is 0 Å². The third-order valence-electron chi connectivity index (χ3n) is 4.76. The summed E-state index contributed by atoms with van der Waals surface area (Å²) in [6.07, 6.45) is 0. The van der Waals surface area contributed by atoms with Crippen LogP contribution in [0.5, 0.6) is 0 Å². The fourth-order valence-electron chi connectivity index (χ4n) is 2.97. The Labute approximate surface area is 178 Å². The summed E-state index contributed by atoms with van der Waals surface area (Å²) in [6, 6.07) is 14.9. The molecule has 0 aliphatic heterocycles. The van der Waals surface area contributed by atoms with Crippen LogP contribution in [0.4, 0.5) is 11.4 Å². The summed E-state index contributed by atoms with van der Waals surface area (Å²) in [5.41, 5.74) is 3.55. The van der Waals surface area contributed by atoms with Crippen molar-refractivity contribution in [3.63, 3.8) is 0 Å². The van der Waals surface area contributed by atoms with E-state index in [2.05, 4.69) is 10.6 Å². The third kappa shape index (κ3) is 7.33. The lowest BCUT2D eigenvalue weighted by Gasteiger charge is -2.24. The molecule has 0 unspecified atom stereocenters. The first kappa shape index (κ1) is 23.1. The summed E-state index contributed by atoms with van der Waals surface area (Å²) in [7, 11) is 1.78. The van der Waals surface area contributed by atoms with Crippen molar-refractivity contribution in [2.24, 2.45) is 0 Å². The second kappa shape index (κ2) is 11.1. The van der Waals surface area contributed by atoms with E-state index in [4.69, 9.17) is 0 Å². The average Bonchev–Trinajstić information content (AvgIpc) is 2.70. The highest BCUT2D eigenvalue weighted by Crippen LogP contribution is 2.14. The number of anilines is 2. The maximum Gasteiger partial charge on any atom is 0.238 e. The first-order chi connectivity index (χ1) is 14.3. The number of carbonyl (C=O) groups excluding carboxylic acids is 3. The molecule has 160 valence electrons. The van der Waals surface area contributed by atoms with Crippen LogP contribution >= 0.6 is 0 Å². The molecular formula is C23H30N4O3. The predicted molar refractivity (Wildman–Crippen MR) is 119 cm³/mol. The molecule has 0 spiro atoms. The van der Waals surface area contributed by atoms with Gasteiger partial charge >= 0.3 is 0 Å². The van der Waals surface area contributed by atoms with E-state index in [1.54, 1.807) is 41.1 Å². The normalized spacial score (nSPS) is 10.6. The maximum absolute atomic E-state index is 12.6. The van der Waals surface area contributed by atoms with Gasteiger partial charge in [0.1, 0.15) is 0 Å². The summed E-state index contributed by atoms with van der Waals surface area (Å²) in [5.74, 6) is -0.381. The second-order valence-corrected chi connectivity index (χ2v) is 7.29. The Balaban J connectivity index is 1.86. The molecule has 0 saturated carbocycles. The summed E-state index contributed by atoms with van der Waals surface area (Å²) >= 11 is 0. The Morgan fingerprint density at radius 2 is 1.50 bits per heavy atom. The molecule has 0 aliphatic carbocycles. The van der Waals surface area contributed by atoms with Crippen molar-refractivity contribution < 1.29 is 14.4 Å². The van der Waals surface area contributed by atoms with E-state index in [1.165, 1.54) is 6.92 Å². The quantitative estimate of drug-likeness (QED) is 0.666. The average molecular weight is 411 g/mol. The Hall–Kier alpha value is -3.19. The number of hydrogen-bond donors (Lipinski definition) is 2. The highest BCUT2D eigenvalue weighted by molar-refractivity contribution is 5.93. The van der Waals surface area contributed by atoms with Crippen LogP contribution in [0.15, 0.2) is 48.5 Å². The maximum atomic E-state index is 12.6. The highest BCUT2D eigenvalue weighted by atomic mass is 16.2. The molecule has 0 bridgehead atoms. The SMILES string of the molecule is CCN(CC(=O)Nc1ccc(NC(C)=O)cc1)CC(=O)N(C)Cc1ccccc1C. The van der Waals surface area contributed by atoms with Crippen molar-refractivity contribution in [2.75, 3.05) is 37.3 Å². The fourth-order valence-corrected chi connectivity index (χ4v) is 2.97. The fraction of sp³-hybridized carbons (Fsp3) is 0.348. The minimum absolute atomic E-state index is 0.0347. The number of nitrogens with zero attached hydrogens (tertiary/aromatic N) is 2. The second-order valence-electron chi connectivity index (χ2n) is 7.29. The van der Waals surface area contributed by atoms with Crippen LogP contribution in [0.2, 0.25) is 0 Å². The van der Waals surface area contributed by atoms with Crippen LogP contribution in [0.1, 0.15) is 25.0 Å². The van der Waals surface area contributed by atoms with Gasteiger partial charge in [-0.25, -0.2) is 0 Å². The monoisotopic (exact) mass is 410 g/mol. The molecule has 3 amide bonds. The lowest BCUT2D eigenvalue weighted by atomic mass is 10.1. The van der Waals surface area contributed by atoms with Crippen LogP contribution < -0.4 is 10.6 Å². The van der Waals surface area contributed by atoms with Crippen molar-refractivity contribution in [2.45, 2.75) is 27.3 Å². The standard InChI is InChI=1S/C23H30N4O3/c1-5-27(16-23(30)26(4)14-19-9-7-6-8-17(19)2)15-22(29)25-21-12-10-20(11-13-21)24-18(3)28/h6-13H,5,14-16H2,1-4H3,(H,24,28)(H,25,29). The molecule has 0 aromatic heterocycles. The van der Waals surface area contributed by atoms with Gasteiger partial charge in [-0.1, -0.05) is 31.2 Å². The molecule has 2 aromatic carbocycles. The van der Waals surface area contributed by atoms with Gasteiger partial charge in [-0.05, 0) is 48.9 Å². The van der Waals surface area contributed by atoms with Crippen molar-refractivity contribution in [1.82, 2.24) is 9.80 Å². The molecule has 0 saturated heterocycles. The Bertz CT molecular complexity index is 880. The number of aryl methyl sites for hydroxylation is 1. The molecule has 7 nitrogen and oxygen atoms in total. The molecule has 0 aliphatic rings. The van der Waals surface area contributed by atoms with Gasteiger partial charge in [0.15, 0.2) is 0 Å². The van der Waals surface area contributed by atoms with Crippen molar-refractivity contribution >= 4 is 29.1 Å². The van der Waals surface area contributed by atoms with Gasteiger partial charge in [0, 0.05) is 31.9 Å². The number of hydrogen-bond acceptors (Lipinski definition) is 4. The van der Waals surface area contributed by atoms with E-state index in [0.29, 0.717) is 24.5 Å². The molecule has 2 aromatic rings. The molecule has 30 heavy (non-hydrogen) atoms. The largest absolute Gasteiger partial charge is 0.340 e. The van der Waals surface area contributed by atoms with E-state index in [1.807, 2.05) is 38.1 Å². The summed E-state index contributed by atoms with van der Waals surface area (Å²) in [5, 5.41) is 5.50. The van der Waals surface area contributed by atoms with E-state index in [0.717, 1.165) is 11.1 Å². The molecule has 0 radical (unpaired) electrons. The predicted octanol–water partition coefficient (Wildman–Crippen LogP) is 2.87. The first-order valence-electron chi connectivity index (χ1n) is 9.96. The van der Waals surface area contributed by atoms with Gasteiger partial charge in [0.25, 0.3) is 0 Å². The van der Waals surface area contributed by atoms with Gasteiger partial charge in [0.2, 0.25) is 17.7 Å². The zero-order valence-corrected chi connectivity index (χ0v) is 18.1. The van der Waals surface area contributed by atoms with Gasteiger partial charge in [-0.15, -0.1) is 0 Å². The lowest BCUT2D eigenvalue weighted by molar-refractivity contribution is -0.132. The van der Waals surface area contributed by atoms with Gasteiger partial charge in [-0.3, -0.25) is 19.3 Å². The number of nitrogens with one attached hydrogen (secondary N) is 2. The first-order valence-corrected chi connectivity index (χ1v) is 9.96. The van der Waals surface area contributed by atoms with E-state index >= 15 is 0 Å². The van der Waals surface area contributed by atoms with Gasteiger partial charge < -0.3 is 15.5 Å². The number of amides is 3. The van der Waals surface area contributed by atoms with E-state index < -0.39 is 0 Å². The molecule has 0 fully saturated rings. The molecule has 7 heteroatoms. The highest BCUT2D eigenvalue weighted by Gasteiger charge is 2.17. The van der Waals surface area contributed by atoms with Crippen LogP contribution in [-0.2, 0) is 20.9 Å². The van der Waals surface area contributed by atoms with Crippen LogP contribution in [0.25, 0.3) is 0 Å². The lowest BCUT2D eigenvalue weighted by Crippen LogP contribution is -2.41. The summed E-state index contributed by atoms with van der Waals surface area (Å²) in [4.78, 5) is 39.6. The Morgan fingerprint density at radius 3 is 2.07 bits per heavy atom. The van der Waals surface area contributed by atoms with Crippen molar-refractivity contribution in [1.29, 1.82) is 0 Å². The topological polar surface area (TPSA) is 81.8 Å². The number of likely N-dealkylation sites (N-methyl/N-ethyl adjacent to an activating group) is 2. The van der Waals surface area contributed by atoms with Crippen LogP contribution in [-0.4, -0.2) is 54.2 Å². The van der Waals surface area contributed by atoms with Crippen molar-refractivity contribution in [3.05, 3.63) is 59.7 Å². The number of benzene rings is 2. The molecule has 2 rings (SSSR count). The minimum Gasteiger partial charge on any atom is -0.340 e. The molecular weight excluding hydrogens is 380 g/mol.